The van der Waals surface area contributed by atoms with Gasteiger partial charge in [-0.15, -0.1) is 0 Å². The summed E-state index contributed by atoms with van der Waals surface area (Å²) in [5, 5.41) is 2.67. The number of amides is 1. The largest absolute Gasteiger partial charge is 0.444 e. The molecule has 1 N–H and O–H groups in total. The number of ketones is 1. The van der Waals surface area contributed by atoms with Gasteiger partial charge in [-0.05, 0) is 38.3 Å². The Morgan fingerprint density at radius 3 is 2.63 bits per heavy atom. The number of hydrogen-bond acceptors (Lipinski definition) is 3. The molecule has 1 aromatic rings. The number of Topliss-reactive ketones (excluding diaryl/α,β-unsaturated/α-hetero) is 1. The van der Waals surface area contributed by atoms with Gasteiger partial charge < -0.3 is 10.1 Å². The highest BCUT2D eigenvalue weighted by atomic mass is 16.6. The topological polar surface area (TPSA) is 55.4 Å². The molecule has 0 heterocycles. The maximum absolute atomic E-state index is 12.0. The molecule has 0 fully saturated rings. The first-order valence-corrected chi connectivity index (χ1v) is 6.47. The van der Waals surface area contributed by atoms with Gasteiger partial charge in [0.15, 0.2) is 5.78 Å². The summed E-state index contributed by atoms with van der Waals surface area (Å²) in [5.41, 5.74) is 1.43. The third-order valence-electron chi connectivity index (χ3n) is 2.99. The average molecular weight is 261 g/mol. The highest BCUT2D eigenvalue weighted by Crippen LogP contribution is 2.27. The molecule has 19 heavy (non-hydrogen) atoms. The number of benzene rings is 1. The van der Waals surface area contributed by atoms with E-state index in [1.165, 1.54) is 0 Å². The van der Waals surface area contributed by atoms with Crippen molar-refractivity contribution in [1.29, 1.82) is 0 Å². The Labute approximate surface area is 113 Å². The van der Waals surface area contributed by atoms with Gasteiger partial charge in [0, 0.05) is 6.42 Å². The summed E-state index contributed by atoms with van der Waals surface area (Å²) in [4.78, 5) is 23.8. The molecule has 0 aliphatic heterocycles. The molecule has 1 unspecified atom stereocenters. The molecule has 1 atom stereocenters. The SMILES string of the molecule is CC(C)(C)OC(=O)NC1C(=O)CCc2ccccc21. The van der Waals surface area contributed by atoms with Gasteiger partial charge in [-0.3, -0.25) is 4.79 Å². The lowest BCUT2D eigenvalue weighted by Crippen LogP contribution is -2.39. The average Bonchev–Trinajstić information content (AvgIpc) is 2.31. The van der Waals surface area contributed by atoms with Crippen molar-refractivity contribution >= 4 is 11.9 Å². The first-order valence-electron chi connectivity index (χ1n) is 6.47. The summed E-state index contributed by atoms with van der Waals surface area (Å²) in [7, 11) is 0. The monoisotopic (exact) mass is 261 g/mol. The van der Waals surface area contributed by atoms with Crippen LogP contribution >= 0.6 is 0 Å². The Balaban J connectivity index is 2.16. The van der Waals surface area contributed by atoms with Gasteiger partial charge in [0.1, 0.15) is 11.6 Å². The van der Waals surface area contributed by atoms with Gasteiger partial charge in [0.05, 0.1) is 0 Å². The summed E-state index contributed by atoms with van der Waals surface area (Å²) in [6.45, 7) is 5.38. The number of nitrogens with one attached hydrogen (secondary N) is 1. The third kappa shape index (κ3) is 3.34. The standard InChI is InChI=1S/C15H19NO3/c1-15(2,3)19-14(18)16-13-11-7-5-4-6-10(11)8-9-12(13)17/h4-7,13H,8-9H2,1-3H3,(H,16,18). The second kappa shape index (κ2) is 5.03. The minimum atomic E-state index is -0.584. The van der Waals surface area contributed by atoms with E-state index < -0.39 is 17.7 Å². The summed E-state index contributed by atoms with van der Waals surface area (Å²) in [6, 6.07) is 7.11. The number of rotatable bonds is 1. The molecule has 0 radical (unpaired) electrons. The second-order valence-corrected chi connectivity index (χ2v) is 5.74. The van der Waals surface area contributed by atoms with Gasteiger partial charge in [0.2, 0.25) is 0 Å². The second-order valence-electron chi connectivity index (χ2n) is 5.74. The van der Waals surface area contributed by atoms with Gasteiger partial charge in [-0.2, -0.15) is 0 Å². The molecular weight excluding hydrogens is 242 g/mol. The molecule has 0 bridgehead atoms. The molecule has 0 saturated carbocycles. The van der Waals surface area contributed by atoms with Crippen LogP contribution in [0.4, 0.5) is 4.79 Å². The number of carbonyl (C=O) groups is 2. The number of aryl methyl sites for hydroxylation is 1. The smallest absolute Gasteiger partial charge is 0.408 e. The first kappa shape index (κ1) is 13.6. The Hall–Kier alpha value is -1.84. The Kier molecular flexibility index (Phi) is 3.60. The van der Waals surface area contributed by atoms with E-state index in [0.29, 0.717) is 6.42 Å². The van der Waals surface area contributed by atoms with Gasteiger partial charge in [0.25, 0.3) is 0 Å². The molecule has 1 aliphatic rings. The molecule has 4 heteroatoms. The van der Waals surface area contributed by atoms with Crippen LogP contribution in [0.25, 0.3) is 0 Å². The fraction of sp³-hybridized carbons (Fsp3) is 0.467. The maximum atomic E-state index is 12.0. The number of carbonyl (C=O) groups excluding carboxylic acids is 2. The Morgan fingerprint density at radius 1 is 1.26 bits per heavy atom. The summed E-state index contributed by atoms with van der Waals surface area (Å²) < 4.78 is 5.20. The van der Waals surface area contributed by atoms with Gasteiger partial charge in [-0.25, -0.2) is 4.79 Å². The van der Waals surface area contributed by atoms with Crippen molar-refractivity contribution in [2.45, 2.75) is 45.3 Å². The van der Waals surface area contributed by atoms with Crippen molar-refractivity contribution in [2.24, 2.45) is 0 Å². The minimum Gasteiger partial charge on any atom is -0.444 e. The molecule has 1 aromatic carbocycles. The number of alkyl carbamates (subject to hydrolysis) is 1. The van der Waals surface area contributed by atoms with Crippen LogP contribution in [-0.4, -0.2) is 17.5 Å². The Morgan fingerprint density at radius 2 is 1.95 bits per heavy atom. The molecule has 2 rings (SSSR count). The quantitative estimate of drug-likeness (QED) is 0.845. The van der Waals surface area contributed by atoms with Crippen molar-refractivity contribution in [2.75, 3.05) is 0 Å². The van der Waals surface area contributed by atoms with E-state index in [-0.39, 0.29) is 5.78 Å². The van der Waals surface area contributed by atoms with Gasteiger partial charge in [-0.1, -0.05) is 24.3 Å². The zero-order chi connectivity index (χ0) is 14.0. The highest BCUT2D eigenvalue weighted by Gasteiger charge is 2.30. The maximum Gasteiger partial charge on any atom is 0.408 e. The van der Waals surface area contributed by atoms with Crippen molar-refractivity contribution in [3.8, 4) is 0 Å². The zero-order valence-electron chi connectivity index (χ0n) is 11.5. The van der Waals surface area contributed by atoms with E-state index in [4.69, 9.17) is 4.74 Å². The lowest BCUT2D eigenvalue weighted by atomic mass is 9.87. The molecule has 4 nitrogen and oxygen atoms in total. The predicted molar refractivity (Wildman–Crippen MR) is 71.9 cm³/mol. The van der Waals surface area contributed by atoms with Crippen molar-refractivity contribution in [3.05, 3.63) is 35.4 Å². The normalized spacial score (nSPS) is 18.7. The van der Waals surface area contributed by atoms with Crippen LogP contribution in [0.1, 0.15) is 44.4 Å². The first-order chi connectivity index (χ1) is 8.87. The molecule has 0 aromatic heterocycles. The molecule has 1 aliphatic carbocycles. The fourth-order valence-electron chi connectivity index (χ4n) is 2.20. The van der Waals surface area contributed by atoms with E-state index in [1.54, 1.807) is 20.8 Å². The lowest BCUT2D eigenvalue weighted by molar-refractivity contribution is -0.121. The third-order valence-corrected chi connectivity index (χ3v) is 2.99. The van der Waals surface area contributed by atoms with E-state index in [9.17, 15) is 9.59 Å². The summed E-state index contributed by atoms with van der Waals surface area (Å²) >= 11 is 0. The predicted octanol–water partition coefficient (Wildman–Crippen LogP) is 2.77. The van der Waals surface area contributed by atoms with Crippen LogP contribution in [0.3, 0.4) is 0 Å². The molecule has 0 spiro atoms. The summed E-state index contributed by atoms with van der Waals surface area (Å²) in [5.74, 6) is 0.0320. The van der Waals surface area contributed by atoms with Crippen LogP contribution in [-0.2, 0) is 16.0 Å². The van der Waals surface area contributed by atoms with Crippen molar-refractivity contribution in [3.63, 3.8) is 0 Å². The minimum absolute atomic E-state index is 0.0320. The van der Waals surface area contributed by atoms with Crippen molar-refractivity contribution in [1.82, 2.24) is 5.32 Å². The van der Waals surface area contributed by atoms with E-state index >= 15 is 0 Å². The molecular formula is C15H19NO3. The zero-order valence-corrected chi connectivity index (χ0v) is 11.5. The number of fused-ring (bicyclic) bond motifs is 1. The van der Waals surface area contributed by atoms with E-state index in [2.05, 4.69) is 5.32 Å². The highest BCUT2D eigenvalue weighted by molar-refractivity contribution is 5.90. The van der Waals surface area contributed by atoms with Gasteiger partial charge >= 0.3 is 6.09 Å². The number of ether oxygens (including phenoxy) is 1. The van der Waals surface area contributed by atoms with E-state index in [1.807, 2.05) is 24.3 Å². The number of hydrogen-bond donors (Lipinski definition) is 1. The Bertz CT molecular complexity index is 502. The summed E-state index contributed by atoms with van der Waals surface area (Å²) in [6.07, 6.45) is 0.640. The molecule has 1 amide bonds. The van der Waals surface area contributed by atoms with Crippen molar-refractivity contribution < 1.29 is 14.3 Å². The van der Waals surface area contributed by atoms with Crippen LogP contribution in [0.15, 0.2) is 24.3 Å². The van der Waals surface area contributed by atoms with Crippen LogP contribution in [0, 0.1) is 0 Å². The lowest BCUT2D eigenvalue weighted by Gasteiger charge is -2.27. The van der Waals surface area contributed by atoms with Crippen LogP contribution in [0.5, 0.6) is 0 Å². The molecule has 102 valence electrons. The fourth-order valence-corrected chi connectivity index (χ4v) is 2.20. The van der Waals surface area contributed by atoms with Crippen LogP contribution < -0.4 is 5.32 Å². The van der Waals surface area contributed by atoms with E-state index in [0.717, 1.165) is 17.5 Å². The van der Waals surface area contributed by atoms with Crippen LogP contribution in [0.2, 0.25) is 0 Å². The molecule has 0 saturated heterocycles.